The summed E-state index contributed by atoms with van der Waals surface area (Å²) in [6, 6.07) is 10.7. The third-order valence-corrected chi connectivity index (χ3v) is 7.24. The number of nitriles is 1. The molecule has 2 heterocycles. The van der Waals surface area contributed by atoms with E-state index in [0.29, 0.717) is 11.3 Å². The predicted molar refractivity (Wildman–Crippen MR) is 128 cm³/mol. The molecule has 33 heavy (non-hydrogen) atoms. The Morgan fingerprint density at radius 1 is 1.33 bits per heavy atom. The van der Waals surface area contributed by atoms with Gasteiger partial charge in [0.05, 0.1) is 25.1 Å². The maximum absolute atomic E-state index is 14.0. The highest BCUT2D eigenvalue weighted by molar-refractivity contribution is 7.10. The first-order chi connectivity index (χ1) is 15.5. The Labute approximate surface area is 199 Å². The molecule has 0 bridgehead atoms. The van der Waals surface area contributed by atoms with Gasteiger partial charge in [-0.3, -0.25) is 4.79 Å². The van der Waals surface area contributed by atoms with E-state index in [1.54, 1.807) is 19.2 Å². The van der Waals surface area contributed by atoms with Crippen LogP contribution >= 0.6 is 11.3 Å². The highest BCUT2D eigenvalue weighted by Gasteiger charge is 2.59. The number of methoxy groups -OCH3 is 1. The van der Waals surface area contributed by atoms with Crippen molar-refractivity contribution in [3.8, 4) is 11.8 Å². The van der Waals surface area contributed by atoms with E-state index in [2.05, 4.69) is 26.8 Å². The third kappa shape index (κ3) is 4.49. The van der Waals surface area contributed by atoms with E-state index in [0.717, 1.165) is 10.4 Å². The highest BCUT2D eigenvalue weighted by Crippen LogP contribution is 2.51. The number of hydrogen-bond acceptors (Lipinski definition) is 5. The first-order valence-electron chi connectivity index (χ1n) is 11.1. The number of rotatable bonds is 6. The monoisotopic (exact) mass is 468 g/mol. The number of hydrogen-bond donors (Lipinski definition) is 1. The largest absolute Gasteiger partial charge is 0.496 e. The maximum Gasteiger partial charge on any atom is 0.329 e. The van der Waals surface area contributed by atoms with Crippen molar-refractivity contribution in [1.29, 1.82) is 5.26 Å². The lowest BCUT2D eigenvalue weighted by Gasteiger charge is -2.39. The number of carbonyl (C=O) groups is 2. The van der Waals surface area contributed by atoms with Crippen LogP contribution in [-0.2, 0) is 10.2 Å². The number of thiophene rings is 1. The van der Waals surface area contributed by atoms with Crippen LogP contribution in [-0.4, -0.2) is 34.5 Å². The van der Waals surface area contributed by atoms with E-state index < -0.39 is 29.4 Å². The van der Waals surface area contributed by atoms with Crippen LogP contribution in [0.15, 0.2) is 35.7 Å². The number of ether oxygens (including phenoxy) is 1. The van der Waals surface area contributed by atoms with E-state index >= 15 is 0 Å². The molecule has 1 aromatic heterocycles. The Morgan fingerprint density at radius 3 is 2.52 bits per heavy atom. The van der Waals surface area contributed by atoms with Gasteiger partial charge in [-0.1, -0.05) is 46.8 Å². The summed E-state index contributed by atoms with van der Waals surface area (Å²) in [4.78, 5) is 29.1. The Morgan fingerprint density at radius 2 is 2.03 bits per heavy atom. The number of aliphatic carboxylic acids is 1. The molecule has 7 heteroatoms. The summed E-state index contributed by atoms with van der Waals surface area (Å²) in [7, 11) is 1.56. The number of likely N-dealkylation sites (tertiary alicyclic amines) is 1. The Bertz CT molecular complexity index is 1060. The van der Waals surface area contributed by atoms with Gasteiger partial charge in [0.1, 0.15) is 11.3 Å². The molecular weight excluding hydrogens is 436 g/mol. The molecule has 0 spiro atoms. The minimum Gasteiger partial charge on any atom is -0.496 e. The highest BCUT2D eigenvalue weighted by atomic mass is 32.1. The van der Waals surface area contributed by atoms with Crippen molar-refractivity contribution in [2.75, 3.05) is 7.11 Å². The van der Waals surface area contributed by atoms with Crippen LogP contribution in [0.3, 0.4) is 0 Å². The summed E-state index contributed by atoms with van der Waals surface area (Å²) in [5.41, 5.74) is -0.334. The van der Waals surface area contributed by atoms with Crippen LogP contribution in [0.4, 0.5) is 0 Å². The zero-order valence-electron chi connectivity index (χ0n) is 20.1. The molecule has 1 aliphatic heterocycles. The van der Waals surface area contributed by atoms with Crippen molar-refractivity contribution in [2.45, 2.75) is 64.5 Å². The van der Waals surface area contributed by atoms with E-state index in [1.807, 2.05) is 37.4 Å². The normalized spacial score (nSPS) is 22.9. The Kier molecular flexibility index (Phi) is 6.90. The summed E-state index contributed by atoms with van der Waals surface area (Å²) >= 11 is 1.44. The standard InChI is InChI=1S/C26H32N2O4S/c1-16(2)13-26(24(30)31)14-18(15-27)22(21-8-7-11-33-21)28(26)23(29)17-9-10-19(25(3,4)5)20(12-17)32-6/h7-12,16,18,22H,13-14H2,1-6H3,(H,30,31)/t18-,22+,26-/m0/s1. The van der Waals surface area contributed by atoms with Gasteiger partial charge < -0.3 is 14.7 Å². The van der Waals surface area contributed by atoms with E-state index in [-0.39, 0.29) is 24.2 Å². The summed E-state index contributed by atoms with van der Waals surface area (Å²) in [6.45, 7) is 10.1. The molecule has 1 aromatic carbocycles. The summed E-state index contributed by atoms with van der Waals surface area (Å²) in [5.74, 6) is -1.47. The molecule has 0 aliphatic carbocycles. The van der Waals surface area contributed by atoms with Gasteiger partial charge in [-0.05, 0) is 53.3 Å². The molecule has 176 valence electrons. The van der Waals surface area contributed by atoms with Gasteiger partial charge in [0.2, 0.25) is 0 Å². The number of carboxylic acids is 1. The smallest absolute Gasteiger partial charge is 0.329 e. The number of carbonyl (C=O) groups excluding carboxylic acids is 1. The SMILES string of the molecule is COc1cc(C(=O)N2[C@@H](c3cccs3)[C@H](C#N)C[C@@]2(CC(C)C)C(=O)O)ccc1C(C)(C)C. The first kappa shape index (κ1) is 24.8. The van der Waals surface area contributed by atoms with E-state index in [4.69, 9.17) is 4.74 Å². The molecule has 1 aliphatic rings. The van der Waals surface area contributed by atoms with Crippen molar-refractivity contribution in [3.63, 3.8) is 0 Å². The third-order valence-electron chi connectivity index (χ3n) is 6.30. The van der Waals surface area contributed by atoms with Gasteiger partial charge in [-0.15, -0.1) is 11.3 Å². The van der Waals surface area contributed by atoms with Crippen LogP contribution < -0.4 is 4.74 Å². The zero-order chi connectivity index (χ0) is 24.6. The van der Waals surface area contributed by atoms with Crippen molar-refractivity contribution >= 4 is 23.2 Å². The molecule has 6 nitrogen and oxygen atoms in total. The summed E-state index contributed by atoms with van der Waals surface area (Å²) in [6.07, 6.45) is 0.369. The van der Waals surface area contributed by atoms with Crippen LogP contribution in [0.2, 0.25) is 0 Å². The Hall–Kier alpha value is -2.85. The molecule has 0 saturated carbocycles. The average Bonchev–Trinajstić information content (AvgIpc) is 3.37. The van der Waals surface area contributed by atoms with E-state index in [1.165, 1.54) is 16.2 Å². The van der Waals surface area contributed by atoms with Gasteiger partial charge in [0, 0.05) is 10.4 Å². The number of carboxylic acid groups (broad SMARTS) is 1. The summed E-state index contributed by atoms with van der Waals surface area (Å²) < 4.78 is 5.59. The van der Waals surface area contributed by atoms with Crippen LogP contribution in [0, 0.1) is 23.2 Å². The minimum absolute atomic E-state index is 0.0237. The van der Waals surface area contributed by atoms with Crippen molar-refractivity contribution < 1.29 is 19.4 Å². The minimum atomic E-state index is -1.46. The van der Waals surface area contributed by atoms with Crippen molar-refractivity contribution in [1.82, 2.24) is 4.90 Å². The molecule has 2 aromatic rings. The zero-order valence-corrected chi connectivity index (χ0v) is 20.9. The lowest BCUT2D eigenvalue weighted by atomic mass is 9.83. The van der Waals surface area contributed by atoms with Crippen LogP contribution in [0.1, 0.15) is 74.3 Å². The predicted octanol–water partition coefficient (Wildman–Crippen LogP) is 5.65. The lowest BCUT2D eigenvalue weighted by Crippen LogP contribution is -2.54. The number of nitrogens with zero attached hydrogens (tertiary/aromatic N) is 2. The molecule has 1 amide bonds. The second kappa shape index (κ2) is 9.18. The number of benzene rings is 1. The molecule has 3 atom stereocenters. The van der Waals surface area contributed by atoms with Gasteiger partial charge in [-0.25, -0.2) is 4.79 Å². The van der Waals surface area contributed by atoms with Gasteiger partial charge in [-0.2, -0.15) is 5.26 Å². The molecular formula is C26H32N2O4S. The fourth-order valence-corrected chi connectivity index (χ4v) is 5.84. The molecule has 1 fully saturated rings. The topological polar surface area (TPSA) is 90.6 Å². The Balaban J connectivity index is 2.20. The average molecular weight is 469 g/mol. The molecule has 3 rings (SSSR count). The van der Waals surface area contributed by atoms with Gasteiger partial charge in [0.25, 0.3) is 5.91 Å². The molecule has 0 radical (unpaired) electrons. The molecule has 1 N–H and O–H groups in total. The summed E-state index contributed by atoms with van der Waals surface area (Å²) in [5, 5.41) is 22.3. The fourth-order valence-electron chi connectivity index (χ4n) is 4.96. The lowest BCUT2D eigenvalue weighted by molar-refractivity contribution is -0.150. The molecule has 0 unspecified atom stereocenters. The quantitative estimate of drug-likeness (QED) is 0.591. The van der Waals surface area contributed by atoms with Gasteiger partial charge in [0.15, 0.2) is 0 Å². The number of amides is 1. The van der Waals surface area contributed by atoms with Crippen LogP contribution in [0.25, 0.3) is 0 Å². The van der Waals surface area contributed by atoms with Crippen molar-refractivity contribution in [2.24, 2.45) is 11.8 Å². The first-order valence-corrected chi connectivity index (χ1v) is 12.0. The second-order valence-electron chi connectivity index (χ2n) is 10.2. The van der Waals surface area contributed by atoms with Gasteiger partial charge >= 0.3 is 5.97 Å². The molecule has 1 saturated heterocycles. The van der Waals surface area contributed by atoms with Crippen molar-refractivity contribution in [3.05, 3.63) is 51.7 Å². The maximum atomic E-state index is 14.0. The fraction of sp³-hybridized carbons (Fsp3) is 0.500. The second-order valence-corrected chi connectivity index (χ2v) is 11.2. The van der Waals surface area contributed by atoms with Crippen LogP contribution in [0.5, 0.6) is 5.75 Å². The van der Waals surface area contributed by atoms with E-state index in [9.17, 15) is 20.0 Å².